The van der Waals surface area contributed by atoms with E-state index in [0.717, 1.165) is 22.8 Å². The molecule has 0 aliphatic heterocycles. The molecule has 1 heterocycles. The van der Waals surface area contributed by atoms with E-state index >= 15 is 0 Å². The van der Waals surface area contributed by atoms with E-state index < -0.39 is 17.3 Å². The number of aliphatic hydroxyl groups excluding tert-OH is 1. The predicted molar refractivity (Wildman–Crippen MR) is 65.3 cm³/mol. The molecular weight excluding hydrogens is 283 g/mol. The van der Waals surface area contributed by atoms with Crippen LogP contribution in [0.25, 0.3) is 10.9 Å². The molecule has 1 N–H and O–H groups in total. The van der Waals surface area contributed by atoms with Crippen LogP contribution in [0, 0.1) is 0 Å². The number of fused-ring (bicyclic) bond motifs is 1. The summed E-state index contributed by atoms with van der Waals surface area (Å²) in [6.45, 7) is -0.444. The maximum atomic E-state index is 12.7. The number of hydrogen-bond acceptors (Lipinski definition) is 2. The fourth-order valence-corrected chi connectivity index (χ4v) is 2.10. The zero-order valence-electron chi connectivity index (χ0n) is 9.54. The molecule has 19 heavy (non-hydrogen) atoms. The molecule has 1 aromatic carbocycles. The first-order valence-electron chi connectivity index (χ1n) is 5.36. The summed E-state index contributed by atoms with van der Waals surface area (Å²) in [4.78, 5) is 11.7. The molecule has 0 saturated heterocycles. The largest absolute Gasteiger partial charge is 0.416 e. The Labute approximate surface area is 110 Å². The maximum Gasteiger partial charge on any atom is 0.416 e. The Bertz CT molecular complexity index is 679. The van der Waals surface area contributed by atoms with Gasteiger partial charge in [-0.1, -0.05) is 17.7 Å². The Kier molecular flexibility index (Phi) is 3.56. The first kappa shape index (κ1) is 13.9. The van der Waals surface area contributed by atoms with Crippen LogP contribution in [0.4, 0.5) is 13.2 Å². The van der Waals surface area contributed by atoms with Crippen molar-refractivity contribution >= 4 is 22.5 Å². The van der Waals surface area contributed by atoms with Gasteiger partial charge in [-0.2, -0.15) is 13.2 Å². The van der Waals surface area contributed by atoms with Gasteiger partial charge in [0.25, 0.3) is 5.56 Å². The third-order valence-electron chi connectivity index (χ3n) is 2.71. The highest BCUT2D eigenvalue weighted by Gasteiger charge is 2.30. The minimum atomic E-state index is -4.50. The van der Waals surface area contributed by atoms with Crippen LogP contribution in [0.3, 0.4) is 0 Å². The van der Waals surface area contributed by atoms with Crippen LogP contribution in [-0.2, 0) is 12.7 Å². The lowest BCUT2D eigenvalue weighted by Crippen LogP contribution is -2.21. The third kappa shape index (κ3) is 2.59. The van der Waals surface area contributed by atoms with E-state index in [9.17, 15) is 18.0 Å². The van der Waals surface area contributed by atoms with E-state index in [-0.39, 0.29) is 23.7 Å². The summed E-state index contributed by atoms with van der Waals surface area (Å²) in [6.07, 6.45) is -4.50. The van der Waals surface area contributed by atoms with Gasteiger partial charge >= 0.3 is 6.18 Å². The summed E-state index contributed by atoms with van der Waals surface area (Å²) in [6, 6.07) is 4.10. The molecule has 0 saturated carbocycles. The topological polar surface area (TPSA) is 42.2 Å². The molecule has 0 atom stereocenters. The van der Waals surface area contributed by atoms with Crippen LogP contribution in [0.1, 0.15) is 5.56 Å². The number of pyridine rings is 1. The molecule has 1 aromatic heterocycles. The molecule has 0 aliphatic carbocycles. The van der Waals surface area contributed by atoms with E-state index in [1.165, 1.54) is 6.07 Å². The van der Waals surface area contributed by atoms with Crippen LogP contribution in [0.15, 0.2) is 29.1 Å². The molecule has 102 valence electrons. The summed E-state index contributed by atoms with van der Waals surface area (Å²) in [5.41, 5.74) is -1.36. The van der Waals surface area contributed by atoms with Gasteiger partial charge in [0.1, 0.15) is 0 Å². The highest BCUT2D eigenvalue weighted by Crippen LogP contribution is 2.32. The van der Waals surface area contributed by atoms with Gasteiger partial charge < -0.3 is 9.67 Å². The van der Waals surface area contributed by atoms with Crippen molar-refractivity contribution in [2.45, 2.75) is 12.7 Å². The van der Waals surface area contributed by atoms with Gasteiger partial charge in [0.15, 0.2) is 0 Å². The quantitative estimate of drug-likeness (QED) is 0.924. The van der Waals surface area contributed by atoms with Crippen molar-refractivity contribution in [1.29, 1.82) is 0 Å². The van der Waals surface area contributed by atoms with E-state index in [2.05, 4.69) is 0 Å². The molecule has 0 fully saturated rings. The Morgan fingerprint density at radius 2 is 1.95 bits per heavy atom. The maximum absolute atomic E-state index is 12.7. The number of aliphatic hydroxyl groups is 1. The van der Waals surface area contributed by atoms with Crippen molar-refractivity contribution in [3.63, 3.8) is 0 Å². The molecule has 0 amide bonds. The van der Waals surface area contributed by atoms with Crippen LogP contribution in [0.5, 0.6) is 0 Å². The number of benzene rings is 1. The average molecular weight is 292 g/mol. The predicted octanol–water partition coefficient (Wildman–Crippen LogP) is 2.67. The monoisotopic (exact) mass is 291 g/mol. The minimum Gasteiger partial charge on any atom is -0.395 e. The third-order valence-corrected chi connectivity index (χ3v) is 3.03. The molecule has 0 spiro atoms. The van der Waals surface area contributed by atoms with Gasteiger partial charge in [0.05, 0.1) is 22.7 Å². The standard InChI is InChI=1S/C12H9ClF3NO2/c13-9-6-11(19)17(3-4-18)10-5-7(12(14,15)16)1-2-8(9)10/h1-2,5-6,18H,3-4H2. The van der Waals surface area contributed by atoms with Gasteiger partial charge in [-0.15, -0.1) is 0 Å². The van der Waals surface area contributed by atoms with Crippen molar-refractivity contribution in [2.24, 2.45) is 0 Å². The van der Waals surface area contributed by atoms with Crippen LogP contribution in [0.2, 0.25) is 5.02 Å². The number of nitrogens with zero attached hydrogens (tertiary/aromatic N) is 1. The second-order valence-electron chi connectivity index (χ2n) is 3.94. The Morgan fingerprint density at radius 3 is 2.53 bits per heavy atom. The van der Waals surface area contributed by atoms with Crippen molar-refractivity contribution < 1.29 is 18.3 Å². The molecule has 3 nitrogen and oxygen atoms in total. The molecule has 7 heteroatoms. The first-order chi connectivity index (χ1) is 8.84. The molecular formula is C12H9ClF3NO2. The van der Waals surface area contributed by atoms with Crippen molar-refractivity contribution in [1.82, 2.24) is 4.57 Å². The summed E-state index contributed by atoms with van der Waals surface area (Å²) in [7, 11) is 0. The van der Waals surface area contributed by atoms with Crippen LogP contribution < -0.4 is 5.56 Å². The van der Waals surface area contributed by atoms with Crippen molar-refractivity contribution in [2.75, 3.05) is 6.61 Å². The van der Waals surface area contributed by atoms with Crippen molar-refractivity contribution in [3.05, 3.63) is 45.2 Å². The zero-order chi connectivity index (χ0) is 14.2. The Morgan fingerprint density at radius 1 is 1.26 bits per heavy atom. The van der Waals surface area contributed by atoms with Gasteiger partial charge in [0.2, 0.25) is 0 Å². The van der Waals surface area contributed by atoms with Gasteiger partial charge in [-0.3, -0.25) is 4.79 Å². The second-order valence-corrected chi connectivity index (χ2v) is 4.34. The molecule has 0 unspecified atom stereocenters. The van der Waals surface area contributed by atoms with Gasteiger partial charge in [-0.05, 0) is 12.1 Å². The summed E-state index contributed by atoms with van der Waals surface area (Å²) in [5.74, 6) is 0. The first-order valence-corrected chi connectivity index (χ1v) is 5.73. The lowest BCUT2D eigenvalue weighted by molar-refractivity contribution is -0.137. The summed E-state index contributed by atoms with van der Waals surface area (Å²) in [5, 5.41) is 9.31. The Balaban J connectivity index is 2.81. The lowest BCUT2D eigenvalue weighted by Gasteiger charge is -2.13. The van der Waals surface area contributed by atoms with Gasteiger partial charge in [0, 0.05) is 18.0 Å². The zero-order valence-corrected chi connectivity index (χ0v) is 10.3. The average Bonchev–Trinajstić information content (AvgIpc) is 2.32. The van der Waals surface area contributed by atoms with E-state index in [0.29, 0.717) is 5.39 Å². The fourth-order valence-electron chi connectivity index (χ4n) is 1.85. The molecule has 2 rings (SSSR count). The van der Waals surface area contributed by atoms with Gasteiger partial charge in [-0.25, -0.2) is 0 Å². The number of rotatable bonds is 2. The molecule has 2 aromatic rings. The number of halogens is 4. The van der Waals surface area contributed by atoms with E-state index in [1.54, 1.807) is 0 Å². The summed E-state index contributed by atoms with van der Waals surface area (Å²) < 4.78 is 39.1. The highest BCUT2D eigenvalue weighted by molar-refractivity contribution is 6.35. The fraction of sp³-hybridized carbons (Fsp3) is 0.250. The minimum absolute atomic E-state index is 0.0568. The molecule has 0 bridgehead atoms. The smallest absolute Gasteiger partial charge is 0.395 e. The number of alkyl halides is 3. The lowest BCUT2D eigenvalue weighted by atomic mass is 10.1. The SMILES string of the molecule is O=c1cc(Cl)c2ccc(C(F)(F)F)cc2n1CCO. The highest BCUT2D eigenvalue weighted by atomic mass is 35.5. The normalized spacial score (nSPS) is 12.1. The summed E-state index contributed by atoms with van der Waals surface area (Å²) >= 11 is 5.84. The van der Waals surface area contributed by atoms with Crippen LogP contribution in [-0.4, -0.2) is 16.3 Å². The molecule has 0 aliphatic rings. The Hall–Kier alpha value is -1.53. The van der Waals surface area contributed by atoms with E-state index in [1.807, 2.05) is 0 Å². The number of hydrogen-bond donors (Lipinski definition) is 1. The van der Waals surface area contributed by atoms with Crippen molar-refractivity contribution in [3.8, 4) is 0 Å². The second kappa shape index (κ2) is 4.86. The van der Waals surface area contributed by atoms with E-state index in [4.69, 9.17) is 16.7 Å². The van der Waals surface area contributed by atoms with Crippen LogP contribution >= 0.6 is 11.6 Å². The molecule has 0 radical (unpaired) electrons. The number of aromatic nitrogens is 1.